The van der Waals surface area contributed by atoms with Gasteiger partial charge in [-0.25, -0.2) is 0 Å². The molecule has 0 aliphatic heterocycles. The van der Waals surface area contributed by atoms with E-state index in [0.29, 0.717) is 12.2 Å². The Labute approximate surface area is 130 Å². The molecule has 1 aromatic heterocycles. The first-order valence-electron chi connectivity index (χ1n) is 7.60. The Morgan fingerprint density at radius 1 is 1.50 bits per heavy atom. The smallest absolute Gasteiger partial charge is 0.309 e. The van der Waals surface area contributed by atoms with Crippen molar-refractivity contribution in [3.63, 3.8) is 0 Å². The predicted molar refractivity (Wildman–Crippen MR) is 83.7 cm³/mol. The molecule has 1 aromatic rings. The average Bonchev–Trinajstić information content (AvgIpc) is 2.88. The van der Waals surface area contributed by atoms with Crippen molar-refractivity contribution < 1.29 is 9.72 Å². The van der Waals surface area contributed by atoms with Gasteiger partial charge in [-0.1, -0.05) is 13.8 Å². The Bertz CT molecular complexity index is 511. The van der Waals surface area contributed by atoms with E-state index < -0.39 is 11.0 Å². The SMILES string of the molecule is CCN(CC)CCCNC(=O)C(C)n1ncc([N+](=O)[O-])c1C. The van der Waals surface area contributed by atoms with Crippen LogP contribution in [-0.4, -0.2) is 51.7 Å². The molecule has 1 atom stereocenters. The summed E-state index contributed by atoms with van der Waals surface area (Å²) in [5.74, 6) is -0.180. The standard InChI is InChI=1S/C14H25N5O3/c1-5-17(6-2)9-7-8-15-14(20)12(4)18-11(3)13(10-16-18)19(21)22/h10,12H,5-9H2,1-4H3,(H,15,20). The number of hydrogen-bond acceptors (Lipinski definition) is 5. The summed E-state index contributed by atoms with van der Waals surface area (Å²) in [6.45, 7) is 11.0. The predicted octanol–water partition coefficient (Wildman–Crippen LogP) is 1.51. The fraction of sp³-hybridized carbons (Fsp3) is 0.714. The van der Waals surface area contributed by atoms with Gasteiger partial charge in [-0.2, -0.15) is 5.10 Å². The van der Waals surface area contributed by atoms with Crippen LogP contribution in [-0.2, 0) is 4.79 Å². The van der Waals surface area contributed by atoms with Gasteiger partial charge in [0.1, 0.15) is 17.9 Å². The normalized spacial score (nSPS) is 12.4. The van der Waals surface area contributed by atoms with Crippen molar-refractivity contribution in [2.24, 2.45) is 0 Å². The lowest BCUT2D eigenvalue weighted by Crippen LogP contribution is -2.34. The number of nitrogens with one attached hydrogen (secondary N) is 1. The van der Waals surface area contributed by atoms with Crippen molar-refractivity contribution in [3.8, 4) is 0 Å². The van der Waals surface area contributed by atoms with Crippen molar-refractivity contribution in [2.75, 3.05) is 26.2 Å². The molecule has 0 saturated heterocycles. The van der Waals surface area contributed by atoms with Crippen LogP contribution in [0, 0.1) is 17.0 Å². The summed E-state index contributed by atoms with van der Waals surface area (Å²) in [6.07, 6.45) is 2.05. The average molecular weight is 311 g/mol. The van der Waals surface area contributed by atoms with Gasteiger partial charge >= 0.3 is 5.69 Å². The van der Waals surface area contributed by atoms with Gasteiger partial charge < -0.3 is 10.2 Å². The van der Waals surface area contributed by atoms with E-state index in [1.54, 1.807) is 13.8 Å². The van der Waals surface area contributed by atoms with Crippen molar-refractivity contribution in [1.29, 1.82) is 0 Å². The Kier molecular flexibility index (Phi) is 6.97. The number of hydrogen-bond donors (Lipinski definition) is 1. The zero-order valence-corrected chi connectivity index (χ0v) is 13.7. The van der Waals surface area contributed by atoms with E-state index in [1.807, 2.05) is 0 Å². The molecule has 1 rings (SSSR count). The van der Waals surface area contributed by atoms with E-state index in [2.05, 4.69) is 29.2 Å². The van der Waals surface area contributed by atoms with E-state index in [0.717, 1.165) is 26.1 Å². The lowest BCUT2D eigenvalue weighted by atomic mass is 10.3. The maximum atomic E-state index is 12.1. The van der Waals surface area contributed by atoms with Gasteiger partial charge in [0, 0.05) is 6.54 Å². The molecule has 0 aromatic carbocycles. The first-order chi connectivity index (χ1) is 10.4. The van der Waals surface area contributed by atoms with Gasteiger partial charge in [0.25, 0.3) is 0 Å². The number of aromatic nitrogens is 2. The molecule has 0 radical (unpaired) electrons. The lowest BCUT2D eigenvalue weighted by molar-refractivity contribution is -0.385. The Hall–Kier alpha value is -1.96. The number of rotatable bonds is 9. The van der Waals surface area contributed by atoms with Crippen molar-refractivity contribution in [3.05, 3.63) is 22.0 Å². The molecule has 1 heterocycles. The van der Waals surface area contributed by atoms with Gasteiger partial charge in [-0.15, -0.1) is 0 Å². The Balaban J connectivity index is 2.50. The summed E-state index contributed by atoms with van der Waals surface area (Å²) in [5.41, 5.74) is 0.317. The van der Waals surface area contributed by atoms with Crippen LogP contribution in [0.5, 0.6) is 0 Å². The molecule has 1 amide bonds. The third-order valence-electron chi connectivity index (χ3n) is 3.81. The van der Waals surface area contributed by atoms with Crippen molar-refractivity contribution >= 4 is 11.6 Å². The highest BCUT2D eigenvalue weighted by molar-refractivity contribution is 5.79. The largest absolute Gasteiger partial charge is 0.354 e. The minimum atomic E-state index is -0.567. The molecule has 8 heteroatoms. The second-order valence-electron chi connectivity index (χ2n) is 5.16. The maximum Gasteiger partial charge on any atom is 0.309 e. The van der Waals surface area contributed by atoms with E-state index in [9.17, 15) is 14.9 Å². The molecule has 0 aliphatic rings. The van der Waals surface area contributed by atoms with E-state index >= 15 is 0 Å². The molecule has 0 bridgehead atoms. The maximum absolute atomic E-state index is 12.1. The number of nitrogens with zero attached hydrogens (tertiary/aromatic N) is 4. The molecular formula is C14H25N5O3. The first-order valence-corrected chi connectivity index (χ1v) is 7.60. The molecule has 1 unspecified atom stereocenters. The molecule has 0 aliphatic carbocycles. The second-order valence-corrected chi connectivity index (χ2v) is 5.16. The van der Waals surface area contributed by atoms with Gasteiger partial charge in [-0.05, 0) is 39.9 Å². The molecule has 0 saturated carbocycles. The van der Waals surface area contributed by atoms with Crippen LogP contribution in [0.25, 0.3) is 0 Å². The molecule has 22 heavy (non-hydrogen) atoms. The Morgan fingerprint density at radius 2 is 2.14 bits per heavy atom. The van der Waals surface area contributed by atoms with Gasteiger partial charge in [0.2, 0.25) is 5.91 Å². The van der Waals surface area contributed by atoms with E-state index in [-0.39, 0.29) is 11.6 Å². The van der Waals surface area contributed by atoms with Crippen LogP contribution in [0.3, 0.4) is 0 Å². The second kappa shape index (κ2) is 8.47. The first kappa shape index (κ1) is 18.1. The highest BCUT2D eigenvalue weighted by Crippen LogP contribution is 2.19. The number of amides is 1. The summed E-state index contributed by atoms with van der Waals surface area (Å²) < 4.78 is 1.39. The van der Waals surface area contributed by atoms with Crippen LogP contribution >= 0.6 is 0 Å². The number of carbonyl (C=O) groups excluding carboxylic acids is 1. The zero-order chi connectivity index (χ0) is 16.7. The molecule has 1 N–H and O–H groups in total. The van der Waals surface area contributed by atoms with Gasteiger partial charge in [0.15, 0.2) is 0 Å². The van der Waals surface area contributed by atoms with Gasteiger partial charge in [-0.3, -0.25) is 19.6 Å². The minimum absolute atomic E-state index is 0.0683. The monoisotopic (exact) mass is 311 g/mol. The van der Waals surface area contributed by atoms with Crippen LogP contribution in [0.1, 0.15) is 38.9 Å². The van der Waals surface area contributed by atoms with Crippen LogP contribution in [0.2, 0.25) is 0 Å². The molecule has 8 nitrogen and oxygen atoms in total. The van der Waals surface area contributed by atoms with Gasteiger partial charge in [0.05, 0.1) is 4.92 Å². The fourth-order valence-electron chi connectivity index (χ4n) is 2.30. The third-order valence-corrected chi connectivity index (χ3v) is 3.81. The highest BCUT2D eigenvalue weighted by atomic mass is 16.6. The molecule has 0 fully saturated rings. The Morgan fingerprint density at radius 3 is 2.64 bits per heavy atom. The van der Waals surface area contributed by atoms with E-state index in [1.165, 1.54) is 10.9 Å². The molecule has 0 spiro atoms. The van der Waals surface area contributed by atoms with E-state index in [4.69, 9.17) is 0 Å². The topological polar surface area (TPSA) is 93.3 Å². The quantitative estimate of drug-likeness (QED) is 0.424. The molecular weight excluding hydrogens is 286 g/mol. The lowest BCUT2D eigenvalue weighted by Gasteiger charge is -2.18. The van der Waals surface area contributed by atoms with Crippen molar-refractivity contribution in [2.45, 2.75) is 40.2 Å². The fourth-order valence-corrected chi connectivity index (χ4v) is 2.30. The summed E-state index contributed by atoms with van der Waals surface area (Å²) in [7, 11) is 0. The number of carbonyl (C=O) groups is 1. The minimum Gasteiger partial charge on any atom is -0.354 e. The third kappa shape index (κ3) is 4.52. The molecule has 124 valence electrons. The van der Waals surface area contributed by atoms with Crippen LogP contribution in [0.15, 0.2) is 6.20 Å². The van der Waals surface area contributed by atoms with Crippen LogP contribution in [0.4, 0.5) is 5.69 Å². The number of nitro groups is 1. The van der Waals surface area contributed by atoms with Crippen molar-refractivity contribution in [1.82, 2.24) is 20.0 Å². The van der Waals surface area contributed by atoms with Crippen LogP contribution < -0.4 is 5.32 Å². The summed E-state index contributed by atoms with van der Waals surface area (Å²) in [4.78, 5) is 24.7. The summed E-state index contributed by atoms with van der Waals surface area (Å²) >= 11 is 0. The zero-order valence-electron chi connectivity index (χ0n) is 13.7. The summed E-state index contributed by atoms with van der Waals surface area (Å²) in [6, 6.07) is -0.567. The summed E-state index contributed by atoms with van der Waals surface area (Å²) in [5, 5.41) is 17.6. The highest BCUT2D eigenvalue weighted by Gasteiger charge is 2.23.